The molecule has 0 amide bonds. The average Bonchev–Trinajstić information content (AvgIpc) is 2.66. The minimum absolute atomic E-state index is 0.105. The lowest BCUT2D eigenvalue weighted by atomic mass is 9.53. The molecule has 0 aromatic heterocycles. The molecule has 3 aliphatic rings. The number of carbonyl (C=O) groups is 1. The molecule has 3 saturated carbocycles. The highest BCUT2D eigenvalue weighted by Gasteiger charge is 2.58. The number of hydrogen-bond acceptors (Lipinski definition) is 4. The number of hydrogen-bond donors (Lipinski definition) is 3. The third-order valence-corrected chi connectivity index (χ3v) is 6.85. The maximum absolute atomic E-state index is 10.8. The Morgan fingerprint density at radius 2 is 2.07 bits per heavy atom. The van der Waals surface area contributed by atoms with Crippen LogP contribution < -0.4 is 0 Å². The first-order chi connectivity index (χ1) is 13.0. The summed E-state index contributed by atoms with van der Waals surface area (Å²) in [5.41, 5.74) is 0.718. The summed E-state index contributed by atoms with van der Waals surface area (Å²) in [4.78, 5) is 10.8. The van der Waals surface area contributed by atoms with Crippen LogP contribution in [0.5, 0.6) is 0 Å². The molecule has 0 saturated heterocycles. The van der Waals surface area contributed by atoms with Crippen LogP contribution in [-0.4, -0.2) is 46.2 Å². The Balaban J connectivity index is 1.70. The number of aliphatic hydroxyl groups is 2. The fourth-order valence-corrected chi connectivity index (χ4v) is 5.21. The molecular formula is C22H32O5. The SMILES string of the molecule is CO[C@@]12CC[C@H](O)[C@@H](C#C[C@@H](O)C3CCCCC3)[C@@H]1C/C2=C/CCC(=O)O. The van der Waals surface area contributed by atoms with Gasteiger partial charge in [-0.15, -0.1) is 0 Å². The Hall–Kier alpha value is -1.35. The largest absolute Gasteiger partial charge is 0.481 e. The zero-order chi connectivity index (χ0) is 19.4. The van der Waals surface area contributed by atoms with Crippen molar-refractivity contribution in [2.45, 2.75) is 82.0 Å². The van der Waals surface area contributed by atoms with Crippen molar-refractivity contribution >= 4 is 5.97 Å². The van der Waals surface area contributed by atoms with Gasteiger partial charge in [-0.05, 0) is 50.0 Å². The molecule has 0 aliphatic heterocycles. The van der Waals surface area contributed by atoms with E-state index in [1.54, 1.807) is 7.11 Å². The molecule has 0 radical (unpaired) electrons. The van der Waals surface area contributed by atoms with Gasteiger partial charge in [-0.25, -0.2) is 0 Å². The number of aliphatic carboxylic acids is 1. The molecule has 27 heavy (non-hydrogen) atoms. The molecule has 5 nitrogen and oxygen atoms in total. The van der Waals surface area contributed by atoms with E-state index < -0.39 is 23.8 Å². The molecular weight excluding hydrogens is 344 g/mol. The maximum atomic E-state index is 10.8. The zero-order valence-electron chi connectivity index (χ0n) is 16.2. The van der Waals surface area contributed by atoms with Crippen molar-refractivity contribution in [2.24, 2.45) is 17.8 Å². The summed E-state index contributed by atoms with van der Waals surface area (Å²) in [7, 11) is 1.69. The van der Waals surface area contributed by atoms with Crippen molar-refractivity contribution in [2.75, 3.05) is 7.11 Å². The average molecular weight is 376 g/mol. The Kier molecular flexibility index (Phi) is 6.62. The predicted octanol–water partition coefficient (Wildman–Crippen LogP) is 2.90. The second kappa shape index (κ2) is 8.77. The van der Waals surface area contributed by atoms with Crippen LogP contribution in [0.2, 0.25) is 0 Å². The van der Waals surface area contributed by atoms with Gasteiger partial charge in [-0.2, -0.15) is 0 Å². The van der Waals surface area contributed by atoms with E-state index in [0.29, 0.717) is 12.8 Å². The molecule has 3 aliphatic carbocycles. The van der Waals surface area contributed by atoms with Crippen molar-refractivity contribution in [3.05, 3.63) is 11.6 Å². The van der Waals surface area contributed by atoms with Crippen LogP contribution in [0.3, 0.4) is 0 Å². The second-order valence-electron chi connectivity index (χ2n) is 8.33. The highest BCUT2D eigenvalue weighted by Crippen LogP contribution is 2.56. The first-order valence-electron chi connectivity index (χ1n) is 10.3. The van der Waals surface area contributed by atoms with Crippen LogP contribution in [0.15, 0.2) is 11.6 Å². The van der Waals surface area contributed by atoms with E-state index in [9.17, 15) is 15.0 Å². The first-order valence-corrected chi connectivity index (χ1v) is 10.3. The molecule has 0 aromatic carbocycles. The van der Waals surface area contributed by atoms with Crippen molar-refractivity contribution in [1.29, 1.82) is 0 Å². The predicted molar refractivity (Wildman–Crippen MR) is 102 cm³/mol. The standard InChI is InChI=1S/C22H32O5/c1-27-22-13-12-20(24)17(10-11-19(23)15-6-3-2-4-7-15)18(22)14-16(22)8-5-9-21(25)26/h8,15,17-20,23-24H,2-7,9,12-14H2,1H3,(H,25,26)/b16-8-/t17-,18-,19+,20-,22+/m0/s1. The van der Waals surface area contributed by atoms with E-state index in [1.165, 1.54) is 6.42 Å². The van der Waals surface area contributed by atoms with Crippen molar-refractivity contribution in [1.82, 2.24) is 0 Å². The van der Waals surface area contributed by atoms with E-state index in [4.69, 9.17) is 9.84 Å². The van der Waals surface area contributed by atoms with Crippen LogP contribution >= 0.6 is 0 Å². The molecule has 0 aromatic rings. The van der Waals surface area contributed by atoms with Crippen molar-refractivity contribution in [3.8, 4) is 11.8 Å². The molecule has 0 unspecified atom stereocenters. The van der Waals surface area contributed by atoms with Gasteiger partial charge in [-0.1, -0.05) is 37.2 Å². The van der Waals surface area contributed by atoms with Gasteiger partial charge in [-0.3, -0.25) is 4.79 Å². The molecule has 0 spiro atoms. The summed E-state index contributed by atoms with van der Waals surface area (Å²) < 4.78 is 5.89. The van der Waals surface area contributed by atoms with Crippen molar-refractivity contribution < 1.29 is 24.9 Å². The maximum Gasteiger partial charge on any atom is 0.303 e. The summed E-state index contributed by atoms with van der Waals surface area (Å²) in [6.07, 6.45) is 9.27. The van der Waals surface area contributed by atoms with Crippen LogP contribution in [-0.2, 0) is 9.53 Å². The summed E-state index contributed by atoms with van der Waals surface area (Å²) in [6, 6.07) is 0. The number of carboxylic acids is 1. The van der Waals surface area contributed by atoms with Gasteiger partial charge >= 0.3 is 5.97 Å². The zero-order valence-corrected chi connectivity index (χ0v) is 16.2. The van der Waals surface area contributed by atoms with Gasteiger partial charge in [0.1, 0.15) is 6.10 Å². The van der Waals surface area contributed by atoms with Crippen LogP contribution in [0.25, 0.3) is 0 Å². The third kappa shape index (κ3) is 4.23. The van der Waals surface area contributed by atoms with Crippen molar-refractivity contribution in [3.63, 3.8) is 0 Å². The van der Waals surface area contributed by atoms with E-state index in [0.717, 1.165) is 44.1 Å². The fourth-order valence-electron chi connectivity index (χ4n) is 5.21. The van der Waals surface area contributed by atoms with E-state index >= 15 is 0 Å². The van der Waals surface area contributed by atoms with Crippen LogP contribution in [0, 0.1) is 29.6 Å². The summed E-state index contributed by atoms with van der Waals surface area (Å²) >= 11 is 0. The number of fused-ring (bicyclic) bond motifs is 1. The van der Waals surface area contributed by atoms with Gasteiger partial charge in [0, 0.05) is 19.4 Å². The quantitative estimate of drug-likeness (QED) is 0.507. The van der Waals surface area contributed by atoms with Crippen LogP contribution in [0.1, 0.15) is 64.2 Å². The Bertz CT molecular complexity index is 624. The second-order valence-corrected chi connectivity index (χ2v) is 8.33. The van der Waals surface area contributed by atoms with Crippen LogP contribution in [0.4, 0.5) is 0 Å². The highest BCUT2D eigenvalue weighted by atomic mass is 16.5. The first kappa shape index (κ1) is 20.4. The Morgan fingerprint density at radius 3 is 2.74 bits per heavy atom. The fraction of sp³-hybridized carbons (Fsp3) is 0.773. The summed E-state index contributed by atoms with van der Waals surface area (Å²) in [6.45, 7) is 0. The Labute approximate surface area is 161 Å². The van der Waals surface area contributed by atoms with Gasteiger partial charge in [0.15, 0.2) is 0 Å². The number of ether oxygens (including phenoxy) is 1. The summed E-state index contributed by atoms with van der Waals surface area (Å²) in [5, 5.41) is 29.8. The summed E-state index contributed by atoms with van der Waals surface area (Å²) in [5.74, 6) is 5.61. The van der Waals surface area contributed by atoms with Gasteiger partial charge in [0.2, 0.25) is 0 Å². The molecule has 3 rings (SSSR count). The minimum Gasteiger partial charge on any atom is -0.481 e. The number of allylic oxidation sites excluding steroid dienone is 1. The number of aliphatic hydroxyl groups excluding tert-OH is 2. The molecule has 3 fully saturated rings. The van der Waals surface area contributed by atoms with E-state index in [1.807, 2.05) is 6.08 Å². The normalized spacial score (nSPS) is 36.3. The van der Waals surface area contributed by atoms with E-state index in [-0.39, 0.29) is 24.2 Å². The van der Waals surface area contributed by atoms with Gasteiger partial charge in [0.05, 0.1) is 17.6 Å². The Morgan fingerprint density at radius 1 is 1.33 bits per heavy atom. The lowest BCUT2D eigenvalue weighted by Gasteiger charge is -2.57. The number of carboxylic acid groups (broad SMARTS) is 1. The van der Waals surface area contributed by atoms with Gasteiger partial charge < -0.3 is 20.1 Å². The smallest absolute Gasteiger partial charge is 0.303 e. The molecule has 0 bridgehead atoms. The van der Waals surface area contributed by atoms with E-state index in [2.05, 4.69) is 11.8 Å². The molecule has 5 heteroatoms. The molecule has 0 heterocycles. The molecule has 5 atom stereocenters. The monoisotopic (exact) mass is 376 g/mol. The topological polar surface area (TPSA) is 87.0 Å². The molecule has 3 N–H and O–H groups in total. The van der Waals surface area contributed by atoms with Gasteiger partial charge in [0.25, 0.3) is 0 Å². The number of rotatable bonds is 5. The number of methoxy groups -OCH3 is 1. The molecule has 150 valence electrons. The highest BCUT2D eigenvalue weighted by molar-refractivity contribution is 5.66. The minimum atomic E-state index is -0.797. The lowest BCUT2D eigenvalue weighted by Crippen LogP contribution is -2.59. The lowest BCUT2D eigenvalue weighted by molar-refractivity contribution is -0.139. The third-order valence-electron chi connectivity index (χ3n) is 6.85.